The first-order valence-electron chi connectivity index (χ1n) is 4.05. The Balaban J connectivity index is 2.72. The fourth-order valence-electron chi connectivity index (χ4n) is 1.15. The van der Waals surface area contributed by atoms with Crippen LogP contribution in [-0.4, -0.2) is 12.8 Å². The van der Waals surface area contributed by atoms with Crippen molar-refractivity contribution in [1.29, 1.82) is 0 Å². The van der Waals surface area contributed by atoms with Gasteiger partial charge in [0.25, 0.3) is 0 Å². The summed E-state index contributed by atoms with van der Waals surface area (Å²) in [7, 11) is 1.88. The minimum atomic E-state index is 0.161. The Bertz CT molecular complexity index is 298. The first kappa shape index (κ1) is 10.9. The lowest BCUT2D eigenvalue weighted by molar-refractivity contribution is -0.117. The van der Waals surface area contributed by atoms with Crippen LogP contribution in [0.4, 0.5) is 0 Å². The Labute approximate surface area is 90.5 Å². The van der Waals surface area contributed by atoms with Crippen LogP contribution >= 0.6 is 27.3 Å². The fraction of sp³-hybridized carbons (Fsp3) is 0.444. The van der Waals surface area contributed by atoms with E-state index in [-0.39, 0.29) is 11.8 Å². The van der Waals surface area contributed by atoms with Gasteiger partial charge in [0.1, 0.15) is 5.78 Å². The molecule has 0 bridgehead atoms. The molecule has 1 aromatic heterocycles. The summed E-state index contributed by atoms with van der Waals surface area (Å²) in [5, 5.41) is 3.13. The molecule has 1 aromatic rings. The van der Waals surface area contributed by atoms with Crippen molar-refractivity contribution in [3.8, 4) is 0 Å². The van der Waals surface area contributed by atoms with Crippen molar-refractivity contribution >= 4 is 33.0 Å². The molecule has 1 atom stereocenters. The zero-order valence-electron chi connectivity index (χ0n) is 7.63. The standard InChI is InChI=1S/C9H12BrNOS/c1-6(12)5-7(11-2)8-3-4-9(10)13-8/h3-4,7,11H,5H2,1-2H3. The summed E-state index contributed by atoms with van der Waals surface area (Å²) in [6.45, 7) is 1.62. The average molecular weight is 262 g/mol. The van der Waals surface area contributed by atoms with Crippen LogP contribution in [0.15, 0.2) is 15.9 Å². The van der Waals surface area contributed by atoms with Gasteiger partial charge in [-0.2, -0.15) is 0 Å². The molecular weight excluding hydrogens is 250 g/mol. The Morgan fingerprint density at radius 1 is 1.69 bits per heavy atom. The van der Waals surface area contributed by atoms with Crippen LogP contribution in [0.1, 0.15) is 24.3 Å². The second kappa shape index (κ2) is 4.88. The highest BCUT2D eigenvalue weighted by Crippen LogP contribution is 2.28. The van der Waals surface area contributed by atoms with Crippen LogP contribution in [0, 0.1) is 0 Å². The van der Waals surface area contributed by atoms with E-state index in [0.717, 1.165) is 3.79 Å². The van der Waals surface area contributed by atoms with Gasteiger partial charge in [0, 0.05) is 17.3 Å². The number of thiophene rings is 1. The summed E-state index contributed by atoms with van der Waals surface area (Å²) in [4.78, 5) is 12.1. The van der Waals surface area contributed by atoms with Crippen LogP contribution in [0.2, 0.25) is 0 Å². The number of Topliss-reactive ketones (excluding diaryl/α,β-unsaturated/α-hetero) is 1. The van der Waals surface area contributed by atoms with E-state index < -0.39 is 0 Å². The number of carbonyl (C=O) groups excluding carboxylic acids is 1. The van der Waals surface area contributed by atoms with Crippen molar-refractivity contribution < 1.29 is 4.79 Å². The monoisotopic (exact) mass is 261 g/mol. The van der Waals surface area contributed by atoms with Crippen LogP contribution in [0.5, 0.6) is 0 Å². The summed E-state index contributed by atoms with van der Waals surface area (Å²) < 4.78 is 1.10. The number of carbonyl (C=O) groups is 1. The SMILES string of the molecule is CNC(CC(C)=O)c1ccc(Br)s1. The maximum Gasteiger partial charge on any atom is 0.131 e. The van der Waals surface area contributed by atoms with Crippen LogP contribution < -0.4 is 5.32 Å². The van der Waals surface area contributed by atoms with Gasteiger partial charge in [-0.05, 0) is 42.0 Å². The van der Waals surface area contributed by atoms with Gasteiger partial charge in [0.05, 0.1) is 3.79 Å². The molecule has 0 amide bonds. The Morgan fingerprint density at radius 2 is 2.38 bits per heavy atom. The molecule has 1 N–H and O–H groups in total. The summed E-state index contributed by atoms with van der Waals surface area (Å²) in [5.74, 6) is 0.212. The molecule has 0 radical (unpaired) electrons. The van der Waals surface area contributed by atoms with Gasteiger partial charge in [0.2, 0.25) is 0 Å². The van der Waals surface area contributed by atoms with E-state index in [2.05, 4.69) is 21.2 Å². The lowest BCUT2D eigenvalue weighted by atomic mass is 10.1. The zero-order chi connectivity index (χ0) is 9.84. The van der Waals surface area contributed by atoms with Gasteiger partial charge >= 0.3 is 0 Å². The van der Waals surface area contributed by atoms with E-state index in [4.69, 9.17) is 0 Å². The molecule has 0 aliphatic carbocycles. The van der Waals surface area contributed by atoms with E-state index in [1.165, 1.54) is 4.88 Å². The third-order valence-corrected chi connectivity index (χ3v) is 3.51. The minimum Gasteiger partial charge on any atom is -0.312 e. The first-order chi connectivity index (χ1) is 6.13. The number of halogens is 1. The normalized spacial score (nSPS) is 12.8. The average Bonchev–Trinajstić information content (AvgIpc) is 2.47. The number of ketones is 1. The Morgan fingerprint density at radius 3 is 2.77 bits per heavy atom. The topological polar surface area (TPSA) is 29.1 Å². The molecular formula is C9H12BrNOS. The number of hydrogen-bond acceptors (Lipinski definition) is 3. The first-order valence-corrected chi connectivity index (χ1v) is 5.66. The van der Waals surface area contributed by atoms with Gasteiger partial charge in [-0.1, -0.05) is 0 Å². The summed E-state index contributed by atoms with van der Waals surface area (Å²) in [6, 6.07) is 4.21. The molecule has 4 heteroatoms. The van der Waals surface area contributed by atoms with Gasteiger partial charge in [-0.15, -0.1) is 11.3 Å². The Hall–Kier alpha value is -0.190. The number of rotatable bonds is 4. The summed E-state index contributed by atoms with van der Waals surface area (Å²) in [5.41, 5.74) is 0. The van der Waals surface area contributed by atoms with Crippen LogP contribution in [-0.2, 0) is 4.79 Å². The molecule has 1 unspecified atom stereocenters. The van der Waals surface area contributed by atoms with Crippen molar-refractivity contribution in [1.82, 2.24) is 5.32 Å². The van der Waals surface area contributed by atoms with Crippen molar-refractivity contribution in [2.45, 2.75) is 19.4 Å². The molecule has 0 aromatic carbocycles. The predicted molar refractivity (Wildman–Crippen MR) is 59.1 cm³/mol. The lowest BCUT2D eigenvalue weighted by Crippen LogP contribution is -2.17. The third-order valence-electron chi connectivity index (χ3n) is 1.78. The van der Waals surface area contributed by atoms with E-state index in [1.807, 2.05) is 19.2 Å². The molecule has 0 aliphatic heterocycles. The van der Waals surface area contributed by atoms with Gasteiger partial charge < -0.3 is 5.32 Å². The minimum absolute atomic E-state index is 0.161. The molecule has 0 fully saturated rings. The van der Waals surface area contributed by atoms with Crippen molar-refractivity contribution in [2.24, 2.45) is 0 Å². The maximum absolute atomic E-state index is 10.9. The molecule has 13 heavy (non-hydrogen) atoms. The second-order valence-electron chi connectivity index (χ2n) is 2.89. The van der Waals surface area contributed by atoms with Crippen molar-refractivity contribution in [3.63, 3.8) is 0 Å². The van der Waals surface area contributed by atoms with Crippen molar-refractivity contribution in [3.05, 3.63) is 20.8 Å². The molecule has 72 valence electrons. The third kappa shape index (κ3) is 3.21. The molecule has 2 nitrogen and oxygen atoms in total. The quantitative estimate of drug-likeness (QED) is 0.904. The van der Waals surface area contributed by atoms with E-state index >= 15 is 0 Å². The molecule has 0 saturated heterocycles. The molecule has 0 spiro atoms. The second-order valence-corrected chi connectivity index (χ2v) is 5.38. The molecule has 1 heterocycles. The van der Waals surface area contributed by atoms with Gasteiger partial charge in [0.15, 0.2) is 0 Å². The van der Waals surface area contributed by atoms with Crippen LogP contribution in [0.25, 0.3) is 0 Å². The van der Waals surface area contributed by atoms with Crippen LogP contribution in [0.3, 0.4) is 0 Å². The number of nitrogens with one attached hydrogen (secondary N) is 1. The smallest absolute Gasteiger partial charge is 0.131 e. The highest BCUT2D eigenvalue weighted by Gasteiger charge is 2.13. The molecule has 1 rings (SSSR count). The van der Waals surface area contributed by atoms with E-state index in [9.17, 15) is 4.79 Å². The zero-order valence-corrected chi connectivity index (χ0v) is 10.0. The van der Waals surface area contributed by atoms with Gasteiger partial charge in [-0.3, -0.25) is 4.79 Å². The lowest BCUT2D eigenvalue weighted by Gasteiger charge is -2.11. The summed E-state index contributed by atoms with van der Waals surface area (Å²) >= 11 is 5.07. The highest BCUT2D eigenvalue weighted by molar-refractivity contribution is 9.11. The fourth-order valence-corrected chi connectivity index (χ4v) is 2.68. The van der Waals surface area contributed by atoms with Gasteiger partial charge in [-0.25, -0.2) is 0 Å². The predicted octanol–water partition coefficient (Wildman–Crippen LogP) is 2.75. The molecule has 0 aliphatic rings. The van der Waals surface area contributed by atoms with Crippen molar-refractivity contribution in [2.75, 3.05) is 7.05 Å². The highest BCUT2D eigenvalue weighted by atomic mass is 79.9. The Kier molecular flexibility index (Phi) is 4.09. The largest absolute Gasteiger partial charge is 0.312 e. The summed E-state index contributed by atoms with van der Waals surface area (Å²) in [6.07, 6.45) is 0.559. The molecule has 0 saturated carbocycles. The maximum atomic E-state index is 10.9. The van der Waals surface area contributed by atoms with E-state index in [1.54, 1.807) is 18.3 Å². The van der Waals surface area contributed by atoms with E-state index in [0.29, 0.717) is 6.42 Å². The number of hydrogen-bond donors (Lipinski definition) is 1.